The van der Waals surface area contributed by atoms with E-state index in [1.807, 2.05) is 34.2 Å². The third-order valence-electron chi connectivity index (χ3n) is 4.78. The molecule has 3 aromatic heterocycles. The Balaban J connectivity index is 1.50. The van der Waals surface area contributed by atoms with Crippen LogP contribution in [0.3, 0.4) is 0 Å². The van der Waals surface area contributed by atoms with Crippen LogP contribution in [-0.4, -0.2) is 39.0 Å². The van der Waals surface area contributed by atoms with Crippen molar-refractivity contribution in [3.63, 3.8) is 0 Å². The van der Waals surface area contributed by atoms with Gasteiger partial charge in [0.2, 0.25) is 0 Å². The van der Waals surface area contributed by atoms with Crippen LogP contribution in [0.2, 0.25) is 0 Å². The van der Waals surface area contributed by atoms with Gasteiger partial charge in [-0.3, -0.25) is 0 Å². The standard InChI is InChI=1S/C20H19N5OS/c1-14-11-24(12-17(26-14)15-5-3-2-4-6-15)19-8-7-18-21-22-20(25(18)23-19)16-9-10-27-13-16/h2-10,13-14,17H,11-12H2,1H3. The molecule has 1 saturated heterocycles. The first-order chi connectivity index (χ1) is 13.3. The normalized spacial score (nSPS) is 20.3. The van der Waals surface area contributed by atoms with Gasteiger partial charge in [0.15, 0.2) is 11.5 Å². The molecule has 136 valence electrons. The molecular weight excluding hydrogens is 358 g/mol. The van der Waals surface area contributed by atoms with E-state index in [0.29, 0.717) is 0 Å². The van der Waals surface area contributed by atoms with Crippen molar-refractivity contribution in [3.05, 3.63) is 64.9 Å². The third kappa shape index (κ3) is 3.09. The molecule has 1 aromatic carbocycles. The highest BCUT2D eigenvalue weighted by Gasteiger charge is 2.27. The van der Waals surface area contributed by atoms with E-state index in [1.54, 1.807) is 11.3 Å². The molecule has 2 atom stereocenters. The average molecular weight is 377 g/mol. The number of benzene rings is 1. The number of hydrogen-bond acceptors (Lipinski definition) is 6. The van der Waals surface area contributed by atoms with Gasteiger partial charge in [0, 0.05) is 24.0 Å². The number of rotatable bonds is 3. The van der Waals surface area contributed by atoms with Crippen molar-refractivity contribution in [2.24, 2.45) is 0 Å². The summed E-state index contributed by atoms with van der Waals surface area (Å²) in [5, 5.41) is 17.5. The van der Waals surface area contributed by atoms with Gasteiger partial charge in [0.1, 0.15) is 11.9 Å². The van der Waals surface area contributed by atoms with Crippen LogP contribution in [0.4, 0.5) is 5.82 Å². The Morgan fingerprint density at radius 3 is 2.74 bits per heavy atom. The second-order valence-corrected chi connectivity index (χ2v) is 7.53. The predicted octanol–water partition coefficient (Wildman–Crippen LogP) is 3.82. The lowest BCUT2D eigenvalue weighted by atomic mass is 10.1. The first-order valence-corrected chi connectivity index (χ1v) is 9.92. The van der Waals surface area contributed by atoms with Crippen molar-refractivity contribution in [2.75, 3.05) is 18.0 Å². The Hall–Kier alpha value is -2.77. The van der Waals surface area contributed by atoms with Crippen molar-refractivity contribution in [1.82, 2.24) is 19.8 Å². The van der Waals surface area contributed by atoms with E-state index in [0.717, 1.165) is 35.9 Å². The number of anilines is 1. The molecule has 1 aliphatic rings. The molecule has 1 aliphatic heterocycles. The van der Waals surface area contributed by atoms with Crippen LogP contribution in [0.1, 0.15) is 18.6 Å². The Labute approximate surface area is 161 Å². The van der Waals surface area contributed by atoms with Crippen LogP contribution in [0.25, 0.3) is 17.0 Å². The van der Waals surface area contributed by atoms with Gasteiger partial charge in [-0.15, -0.1) is 15.3 Å². The van der Waals surface area contributed by atoms with Crippen LogP contribution < -0.4 is 4.90 Å². The molecule has 0 amide bonds. The molecule has 6 nitrogen and oxygen atoms in total. The van der Waals surface area contributed by atoms with E-state index < -0.39 is 0 Å². The van der Waals surface area contributed by atoms with Gasteiger partial charge in [-0.1, -0.05) is 30.3 Å². The lowest BCUT2D eigenvalue weighted by Gasteiger charge is -2.37. The number of ether oxygens (including phenoxy) is 1. The van der Waals surface area contributed by atoms with Crippen LogP contribution in [-0.2, 0) is 4.74 Å². The summed E-state index contributed by atoms with van der Waals surface area (Å²) >= 11 is 1.64. The second-order valence-electron chi connectivity index (χ2n) is 6.75. The topological polar surface area (TPSA) is 55.6 Å². The largest absolute Gasteiger partial charge is 0.367 e. The predicted molar refractivity (Wildman–Crippen MR) is 106 cm³/mol. The molecule has 0 N–H and O–H groups in total. The summed E-state index contributed by atoms with van der Waals surface area (Å²) in [6.45, 7) is 3.68. The summed E-state index contributed by atoms with van der Waals surface area (Å²) in [4.78, 5) is 2.28. The number of thiophene rings is 1. The quantitative estimate of drug-likeness (QED) is 0.543. The summed E-state index contributed by atoms with van der Waals surface area (Å²) in [5.74, 6) is 1.68. The lowest BCUT2D eigenvalue weighted by Crippen LogP contribution is -2.43. The fourth-order valence-electron chi connectivity index (χ4n) is 3.51. The minimum absolute atomic E-state index is 0.0321. The number of nitrogens with zero attached hydrogens (tertiary/aromatic N) is 5. The van der Waals surface area contributed by atoms with E-state index in [1.165, 1.54) is 5.56 Å². The average Bonchev–Trinajstić information content (AvgIpc) is 3.37. The van der Waals surface area contributed by atoms with Crippen LogP contribution in [0, 0.1) is 0 Å². The van der Waals surface area contributed by atoms with Crippen LogP contribution >= 0.6 is 11.3 Å². The highest BCUT2D eigenvalue weighted by Crippen LogP contribution is 2.28. The Morgan fingerprint density at radius 1 is 1.04 bits per heavy atom. The number of fused-ring (bicyclic) bond motifs is 1. The molecule has 0 aliphatic carbocycles. The minimum atomic E-state index is 0.0321. The molecule has 0 spiro atoms. The van der Waals surface area contributed by atoms with Crippen molar-refractivity contribution in [2.45, 2.75) is 19.1 Å². The van der Waals surface area contributed by atoms with Gasteiger partial charge >= 0.3 is 0 Å². The zero-order chi connectivity index (χ0) is 18.2. The van der Waals surface area contributed by atoms with Crippen molar-refractivity contribution >= 4 is 22.8 Å². The minimum Gasteiger partial charge on any atom is -0.367 e. The molecule has 2 unspecified atom stereocenters. The summed E-state index contributed by atoms with van der Waals surface area (Å²) in [5.41, 5.74) is 2.98. The molecule has 0 saturated carbocycles. The van der Waals surface area contributed by atoms with Gasteiger partial charge in [0.25, 0.3) is 0 Å². The lowest BCUT2D eigenvalue weighted by molar-refractivity contribution is -0.0176. The molecule has 27 heavy (non-hydrogen) atoms. The Morgan fingerprint density at radius 2 is 1.93 bits per heavy atom. The molecule has 4 aromatic rings. The Bertz CT molecular complexity index is 1050. The fraction of sp³-hybridized carbons (Fsp3) is 0.250. The number of aromatic nitrogens is 4. The van der Waals surface area contributed by atoms with E-state index >= 15 is 0 Å². The monoisotopic (exact) mass is 377 g/mol. The Kier molecular flexibility index (Phi) is 4.10. The van der Waals surface area contributed by atoms with Crippen LogP contribution in [0.5, 0.6) is 0 Å². The molecule has 7 heteroatoms. The maximum Gasteiger partial charge on any atom is 0.186 e. The van der Waals surface area contributed by atoms with Gasteiger partial charge in [0.05, 0.1) is 6.10 Å². The van der Waals surface area contributed by atoms with E-state index in [2.05, 4.69) is 51.7 Å². The van der Waals surface area contributed by atoms with Gasteiger partial charge in [-0.25, -0.2) is 0 Å². The molecule has 0 bridgehead atoms. The zero-order valence-electron chi connectivity index (χ0n) is 14.9. The molecular formula is C20H19N5OS. The molecule has 5 rings (SSSR count). The SMILES string of the molecule is CC1CN(c2ccc3nnc(-c4ccsc4)n3n2)CC(c2ccccc2)O1. The van der Waals surface area contributed by atoms with Gasteiger partial charge < -0.3 is 9.64 Å². The smallest absolute Gasteiger partial charge is 0.186 e. The van der Waals surface area contributed by atoms with E-state index in [9.17, 15) is 0 Å². The summed E-state index contributed by atoms with van der Waals surface area (Å²) in [6, 6.07) is 16.4. The fourth-order valence-corrected chi connectivity index (χ4v) is 4.14. The zero-order valence-corrected chi connectivity index (χ0v) is 15.7. The first kappa shape index (κ1) is 16.4. The summed E-state index contributed by atoms with van der Waals surface area (Å²) in [7, 11) is 0. The van der Waals surface area contributed by atoms with Crippen molar-refractivity contribution in [1.29, 1.82) is 0 Å². The highest BCUT2D eigenvalue weighted by atomic mass is 32.1. The molecule has 4 heterocycles. The first-order valence-electron chi connectivity index (χ1n) is 8.98. The van der Waals surface area contributed by atoms with Gasteiger partial charge in [-0.05, 0) is 36.1 Å². The third-order valence-corrected chi connectivity index (χ3v) is 5.47. The maximum absolute atomic E-state index is 6.18. The number of morpholine rings is 1. The molecule has 1 fully saturated rings. The van der Waals surface area contributed by atoms with Crippen LogP contribution in [0.15, 0.2) is 59.3 Å². The van der Waals surface area contributed by atoms with Crippen molar-refractivity contribution < 1.29 is 4.74 Å². The van der Waals surface area contributed by atoms with Gasteiger partial charge in [-0.2, -0.15) is 15.9 Å². The summed E-state index contributed by atoms with van der Waals surface area (Å²) in [6.07, 6.45) is 0.156. The maximum atomic E-state index is 6.18. The van der Waals surface area contributed by atoms with E-state index in [4.69, 9.17) is 9.84 Å². The van der Waals surface area contributed by atoms with E-state index in [-0.39, 0.29) is 12.2 Å². The second kappa shape index (κ2) is 6.75. The summed E-state index contributed by atoms with van der Waals surface area (Å²) < 4.78 is 8.01. The highest BCUT2D eigenvalue weighted by molar-refractivity contribution is 7.08. The van der Waals surface area contributed by atoms with Crippen molar-refractivity contribution in [3.8, 4) is 11.4 Å². The molecule has 0 radical (unpaired) electrons. The number of hydrogen-bond donors (Lipinski definition) is 0.